The van der Waals surface area contributed by atoms with Gasteiger partial charge in [-0.3, -0.25) is 4.79 Å². The molecule has 2 aliphatic rings. The Bertz CT molecular complexity index is 952. The maximum Gasteiger partial charge on any atom is 0.253 e. The smallest absolute Gasteiger partial charge is 0.253 e. The maximum absolute atomic E-state index is 13.2. The number of hydrogen-bond acceptors (Lipinski definition) is 2. The molecule has 30 heavy (non-hydrogen) atoms. The summed E-state index contributed by atoms with van der Waals surface area (Å²) >= 11 is 5.98. The Morgan fingerprint density at radius 3 is 2.37 bits per heavy atom. The average Bonchev–Trinajstić information content (AvgIpc) is 3.20. The number of rotatable bonds is 5. The molecule has 3 nitrogen and oxygen atoms in total. The van der Waals surface area contributed by atoms with Gasteiger partial charge in [-0.05, 0) is 85.6 Å². The molecule has 2 aromatic rings. The topological polar surface area (TPSA) is 32.3 Å². The largest absolute Gasteiger partial charge is 0.371 e. The van der Waals surface area contributed by atoms with Gasteiger partial charge in [0.1, 0.15) is 0 Å². The van der Waals surface area contributed by atoms with Gasteiger partial charge in [-0.15, -0.1) is 0 Å². The number of carbonyl (C=O) groups excluding carboxylic acids is 1. The van der Waals surface area contributed by atoms with E-state index >= 15 is 0 Å². The first-order valence-electron chi connectivity index (χ1n) is 11.0. The molecule has 0 unspecified atom stereocenters. The second-order valence-corrected chi connectivity index (χ2v) is 8.54. The Kier molecular flexibility index (Phi) is 6.59. The summed E-state index contributed by atoms with van der Waals surface area (Å²) in [4.78, 5) is 15.6. The molecule has 0 aromatic heterocycles. The van der Waals surface area contributed by atoms with Crippen LogP contribution < -0.4 is 5.32 Å². The van der Waals surface area contributed by atoms with Crippen molar-refractivity contribution < 1.29 is 4.79 Å². The van der Waals surface area contributed by atoms with Crippen molar-refractivity contribution in [1.29, 1.82) is 0 Å². The van der Waals surface area contributed by atoms with Crippen LogP contribution in [0.5, 0.6) is 0 Å². The van der Waals surface area contributed by atoms with E-state index in [0.717, 1.165) is 49.3 Å². The third-order valence-corrected chi connectivity index (χ3v) is 6.26. The van der Waals surface area contributed by atoms with Gasteiger partial charge >= 0.3 is 0 Å². The van der Waals surface area contributed by atoms with E-state index in [1.165, 1.54) is 36.0 Å². The third-order valence-electron chi connectivity index (χ3n) is 6.01. The van der Waals surface area contributed by atoms with Gasteiger partial charge in [0.05, 0.1) is 0 Å². The van der Waals surface area contributed by atoms with Gasteiger partial charge in [0.2, 0.25) is 0 Å². The van der Waals surface area contributed by atoms with Crippen LogP contribution in [0.3, 0.4) is 0 Å². The first kappa shape index (κ1) is 20.7. The van der Waals surface area contributed by atoms with Crippen LogP contribution in [0.1, 0.15) is 50.2 Å². The number of carbonyl (C=O) groups is 1. The monoisotopic (exact) mass is 420 g/mol. The summed E-state index contributed by atoms with van der Waals surface area (Å²) in [5, 5.41) is 3.74. The Labute approximate surface area is 184 Å². The lowest BCUT2D eigenvalue weighted by molar-refractivity contribution is -0.113. The third kappa shape index (κ3) is 4.79. The van der Waals surface area contributed by atoms with Crippen molar-refractivity contribution in [1.82, 2.24) is 4.90 Å². The number of hydrogen-bond donors (Lipinski definition) is 1. The fourth-order valence-corrected chi connectivity index (χ4v) is 4.48. The minimum absolute atomic E-state index is 0.00243. The average molecular weight is 421 g/mol. The lowest BCUT2D eigenvalue weighted by Gasteiger charge is -2.31. The Balaban J connectivity index is 1.64. The molecule has 1 aliphatic heterocycles. The molecule has 1 amide bonds. The lowest BCUT2D eigenvalue weighted by Crippen LogP contribution is -2.31. The standard InChI is InChI=1S/C26H29ClN2O/c1-2-19-6-8-20(9-7-19)18-21-10-15-24(25(21)29-16-4-3-5-17-29)26(30)28-23-13-11-22(27)12-14-23/h6-9,11-14,18H,2-5,10,15-17H2,1H3,(H,28,30)/b21-18+. The van der Waals surface area contributed by atoms with E-state index in [0.29, 0.717) is 5.02 Å². The van der Waals surface area contributed by atoms with Crippen LogP contribution in [0.15, 0.2) is 65.4 Å². The molecule has 2 aromatic carbocycles. The van der Waals surface area contributed by atoms with E-state index in [-0.39, 0.29) is 5.91 Å². The van der Waals surface area contributed by atoms with Gasteiger partial charge in [0.15, 0.2) is 0 Å². The number of benzene rings is 2. The Morgan fingerprint density at radius 2 is 1.70 bits per heavy atom. The number of allylic oxidation sites excluding steroid dienone is 1. The minimum Gasteiger partial charge on any atom is -0.371 e. The summed E-state index contributed by atoms with van der Waals surface area (Å²) in [6.07, 6.45) is 8.65. The summed E-state index contributed by atoms with van der Waals surface area (Å²) in [7, 11) is 0. The summed E-state index contributed by atoms with van der Waals surface area (Å²) in [5.74, 6) is 0.00243. The SMILES string of the molecule is CCc1ccc(/C=C2\CCC(C(=O)Nc3ccc(Cl)cc3)=C2N2CCCCC2)cc1. The maximum atomic E-state index is 13.2. The first-order valence-corrected chi connectivity index (χ1v) is 11.4. The number of nitrogens with one attached hydrogen (secondary N) is 1. The molecule has 0 radical (unpaired) electrons. The van der Waals surface area contributed by atoms with Crippen LogP contribution in [-0.4, -0.2) is 23.9 Å². The minimum atomic E-state index is 0.00243. The number of piperidine rings is 1. The lowest BCUT2D eigenvalue weighted by atomic mass is 10.0. The summed E-state index contributed by atoms with van der Waals surface area (Å²) < 4.78 is 0. The number of halogens is 1. The van der Waals surface area contributed by atoms with Crippen LogP contribution >= 0.6 is 11.6 Å². The molecule has 0 bridgehead atoms. The fourth-order valence-electron chi connectivity index (χ4n) is 4.35. The van der Waals surface area contributed by atoms with Gasteiger partial charge in [0, 0.05) is 35.1 Å². The molecule has 1 heterocycles. The number of nitrogens with zero attached hydrogens (tertiary/aromatic N) is 1. The van der Waals surface area contributed by atoms with Gasteiger partial charge < -0.3 is 10.2 Å². The predicted molar refractivity (Wildman–Crippen MR) is 126 cm³/mol. The number of anilines is 1. The van der Waals surface area contributed by atoms with Gasteiger partial charge in [-0.25, -0.2) is 0 Å². The fraction of sp³-hybridized carbons (Fsp3) is 0.346. The summed E-state index contributed by atoms with van der Waals surface area (Å²) in [5.41, 5.74) is 6.67. The van der Waals surface area contributed by atoms with Crippen molar-refractivity contribution in [3.63, 3.8) is 0 Å². The van der Waals surface area contributed by atoms with Crippen LogP contribution in [-0.2, 0) is 11.2 Å². The first-order chi connectivity index (χ1) is 14.6. The van der Waals surface area contributed by atoms with Crippen LogP contribution in [0.25, 0.3) is 6.08 Å². The number of amides is 1. The van der Waals surface area contributed by atoms with E-state index in [4.69, 9.17) is 11.6 Å². The van der Waals surface area contributed by atoms with E-state index in [2.05, 4.69) is 47.5 Å². The zero-order valence-corrected chi connectivity index (χ0v) is 18.3. The highest BCUT2D eigenvalue weighted by molar-refractivity contribution is 6.30. The highest BCUT2D eigenvalue weighted by Gasteiger charge is 2.29. The highest BCUT2D eigenvalue weighted by Crippen LogP contribution is 2.37. The molecule has 1 fully saturated rings. The summed E-state index contributed by atoms with van der Waals surface area (Å²) in [6, 6.07) is 16.1. The van der Waals surface area contributed by atoms with E-state index < -0.39 is 0 Å². The zero-order chi connectivity index (χ0) is 20.9. The van der Waals surface area contributed by atoms with Crippen molar-refractivity contribution in [2.24, 2.45) is 0 Å². The second kappa shape index (κ2) is 9.53. The van der Waals surface area contributed by atoms with E-state index in [1.54, 1.807) is 12.1 Å². The molecule has 0 saturated carbocycles. The summed E-state index contributed by atoms with van der Waals surface area (Å²) in [6.45, 7) is 4.23. The Morgan fingerprint density at radius 1 is 1.00 bits per heavy atom. The second-order valence-electron chi connectivity index (χ2n) is 8.10. The van der Waals surface area contributed by atoms with E-state index in [1.807, 2.05) is 12.1 Å². The van der Waals surface area contributed by atoms with Crippen molar-refractivity contribution in [3.05, 3.63) is 81.5 Å². The number of likely N-dealkylation sites (tertiary alicyclic amines) is 1. The quantitative estimate of drug-likeness (QED) is 0.602. The number of aryl methyl sites for hydroxylation is 1. The van der Waals surface area contributed by atoms with Gasteiger partial charge in [-0.1, -0.05) is 42.8 Å². The molecule has 4 rings (SSSR count). The zero-order valence-electron chi connectivity index (χ0n) is 17.6. The Hall–Kier alpha value is -2.52. The molecular formula is C26H29ClN2O. The molecule has 1 N–H and O–H groups in total. The normalized spacial score (nSPS) is 18.2. The molecule has 0 spiro atoms. The van der Waals surface area contributed by atoms with Crippen molar-refractivity contribution in [2.45, 2.75) is 45.4 Å². The predicted octanol–water partition coefficient (Wildman–Crippen LogP) is 6.46. The van der Waals surface area contributed by atoms with Crippen LogP contribution in [0.4, 0.5) is 5.69 Å². The molecule has 1 aliphatic carbocycles. The van der Waals surface area contributed by atoms with Crippen molar-refractivity contribution in [3.8, 4) is 0 Å². The van der Waals surface area contributed by atoms with Crippen LogP contribution in [0.2, 0.25) is 5.02 Å². The molecule has 0 atom stereocenters. The van der Waals surface area contributed by atoms with Crippen molar-refractivity contribution >= 4 is 29.3 Å². The van der Waals surface area contributed by atoms with Gasteiger partial charge in [-0.2, -0.15) is 0 Å². The molecular weight excluding hydrogens is 392 g/mol. The molecule has 156 valence electrons. The van der Waals surface area contributed by atoms with Crippen molar-refractivity contribution in [2.75, 3.05) is 18.4 Å². The molecule has 4 heteroatoms. The van der Waals surface area contributed by atoms with Crippen LogP contribution in [0, 0.1) is 0 Å². The molecule has 1 saturated heterocycles. The van der Waals surface area contributed by atoms with E-state index in [9.17, 15) is 4.79 Å². The van der Waals surface area contributed by atoms with Gasteiger partial charge in [0.25, 0.3) is 5.91 Å². The highest BCUT2D eigenvalue weighted by atomic mass is 35.5.